The SMILES string of the molecule is Cc1cc(NCCc2ccc(S(N)(=O)=O)cc2)nc(NCCCN(C)C)n1. The van der Waals surface area contributed by atoms with Crippen LogP contribution in [0.3, 0.4) is 0 Å². The fourth-order valence-electron chi connectivity index (χ4n) is 2.51. The predicted molar refractivity (Wildman–Crippen MR) is 108 cm³/mol. The van der Waals surface area contributed by atoms with Crippen LogP contribution in [0.1, 0.15) is 17.7 Å². The smallest absolute Gasteiger partial charge is 0.238 e. The largest absolute Gasteiger partial charge is 0.370 e. The molecule has 0 saturated heterocycles. The van der Waals surface area contributed by atoms with E-state index in [1.54, 1.807) is 12.1 Å². The summed E-state index contributed by atoms with van der Waals surface area (Å²) < 4.78 is 22.6. The van der Waals surface area contributed by atoms with E-state index in [0.717, 1.165) is 43.0 Å². The third-order valence-electron chi connectivity index (χ3n) is 3.89. The molecule has 9 heteroatoms. The molecule has 27 heavy (non-hydrogen) atoms. The first-order valence-corrected chi connectivity index (χ1v) is 10.4. The van der Waals surface area contributed by atoms with Crippen LogP contribution < -0.4 is 15.8 Å². The van der Waals surface area contributed by atoms with Crippen LogP contribution >= 0.6 is 0 Å². The van der Waals surface area contributed by atoms with Gasteiger partial charge in [-0.3, -0.25) is 0 Å². The summed E-state index contributed by atoms with van der Waals surface area (Å²) in [5, 5.41) is 11.6. The molecule has 0 bridgehead atoms. The molecule has 8 nitrogen and oxygen atoms in total. The molecule has 1 heterocycles. The quantitative estimate of drug-likeness (QED) is 0.525. The molecule has 4 N–H and O–H groups in total. The van der Waals surface area contributed by atoms with E-state index in [1.165, 1.54) is 12.1 Å². The van der Waals surface area contributed by atoms with E-state index in [1.807, 2.05) is 27.1 Å². The van der Waals surface area contributed by atoms with Crippen molar-refractivity contribution in [3.8, 4) is 0 Å². The first kappa shape index (κ1) is 21.1. The van der Waals surface area contributed by atoms with Gasteiger partial charge in [0.15, 0.2) is 0 Å². The zero-order valence-electron chi connectivity index (χ0n) is 16.1. The number of hydrogen-bond donors (Lipinski definition) is 3. The zero-order valence-corrected chi connectivity index (χ0v) is 16.9. The number of hydrogen-bond acceptors (Lipinski definition) is 7. The summed E-state index contributed by atoms with van der Waals surface area (Å²) in [4.78, 5) is 11.2. The Morgan fingerprint density at radius 1 is 1.07 bits per heavy atom. The second kappa shape index (κ2) is 9.63. The molecule has 0 aliphatic rings. The van der Waals surface area contributed by atoms with Gasteiger partial charge in [-0.1, -0.05) is 12.1 Å². The molecule has 2 rings (SSSR count). The Kier molecular flexibility index (Phi) is 7.52. The van der Waals surface area contributed by atoms with Gasteiger partial charge in [0, 0.05) is 24.8 Å². The lowest BCUT2D eigenvalue weighted by Gasteiger charge is -2.12. The summed E-state index contributed by atoms with van der Waals surface area (Å²) in [6.07, 6.45) is 1.75. The number of nitrogens with one attached hydrogen (secondary N) is 2. The maximum atomic E-state index is 11.3. The predicted octanol–water partition coefficient (Wildman–Crippen LogP) is 1.45. The van der Waals surface area contributed by atoms with Gasteiger partial charge < -0.3 is 15.5 Å². The molecule has 0 atom stereocenters. The maximum Gasteiger partial charge on any atom is 0.238 e. The second-order valence-electron chi connectivity index (χ2n) is 6.67. The van der Waals surface area contributed by atoms with Gasteiger partial charge in [-0.15, -0.1) is 0 Å². The molecule has 1 aromatic heterocycles. The summed E-state index contributed by atoms with van der Waals surface area (Å²) >= 11 is 0. The average Bonchev–Trinajstić information content (AvgIpc) is 2.58. The molecular formula is C18H28N6O2S. The Bertz CT molecular complexity index is 837. The van der Waals surface area contributed by atoms with Gasteiger partial charge in [0.25, 0.3) is 0 Å². The lowest BCUT2D eigenvalue weighted by atomic mass is 10.1. The highest BCUT2D eigenvalue weighted by Crippen LogP contribution is 2.12. The van der Waals surface area contributed by atoms with Crippen molar-refractivity contribution in [2.24, 2.45) is 5.14 Å². The van der Waals surface area contributed by atoms with Crippen LogP contribution in [0.2, 0.25) is 0 Å². The molecule has 0 radical (unpaired) electrons. The average molecular weight is 393 g/mol. The Morgan fingerprint density at radius 2 is 1.78 bits per heavy atom. The van der Waals surface area contributed by atoms with E-state index < -0.39 is 10.0 Å². The van der Waals surface area contributed by atoms with E-state index in [-0.39, 0.29) is 4.90 Å². The van der Waals surface area contributed by atoms with Gasteiger partial charge in [0.2, 0.25) is 16.0 Å². The molecule has 1 aromatic carbocycles. The van der Waals surface area contributed by atoms with Crippen LogP contribution in [0.4, 0.5) is 11.8 Å². The van der Waals surface area contributed by atoms with Crippen LogP contribution in [0.15, 0.2) is 35.2 Å². The van der Waals surface area contributed by atoms with Crippen molar-refractivity contribution in [3.63, 3.8) is 0 Å². The van der Waals surface area contributed by atoms with Crippen LogP contribution in [0.5, 0.6) is 0 Å². The van der Waals surface area contributed by atoms with Crippen LogP contribution in [0, 0.1) is 6.92 Å². The molecule has 0 spiro atoms. The van der Waals surface area contributed by atoms with Gasteiger partial charge in [-0.05, 0) is 58.1 Å². The lowest BCUT2D eigenvalue weighted by molar-refractivity contribution is 0.405. The number of rotatable bonds is 10. The van der Waals surface area contributed by atoms with E-state index in [4.69, 9.17) is 5.14 Å². The van der Waals surface area contributed by atoms with Crippen molar-refractivity contribution in [2.75, 3.05) is 44.4 Å². The van der Waals surface area contributed by atoms with Gasteiger partial charge in [-0.2, -0.15) is 4.98 Å². The Balaban J connectivity index is 1.86. The first-order chi connectivity index (χ1) is 12.7. The molecule has 0 saturated carbocycles. The van der Waals surface area contributed by atoms with Gasteiger partial charge in [0.1, 0.15) is 5.82 Å². The highest BCUT2D eigenvalue weighted by molar-refractivity contribution is 7.89. The molecule has 0 unspecified atom stereocenters. The molecule has 0 fully saturated rings. The highest BCUT2D eigenvalue weighted by atomic mass is 32.2. The molecule has 0 aliphatic heterocycles. The number of benzene rings is 1. The summed E-state index contributed by atoms with van der Waals surface area (Å²) in [7, 11) is 0.449. The number of nitrogens with zero attached hydrogens (tertiary/aromatic N) is 3. The Morgan fingerprint density at radius 3 is 2.41 bits per heavy atom. The maximum absolute atomic E-state index is 11.3. The number of primary sulfonamides is 1. The summed E-state index contributed by atoms with van der Waals surface area (Å²) in [5.41, 5.74) is 1.91. The minimum absolute atomic E-state index is 0.121. The fourth-order valence-corrected chi connectivity index (χ4v) is 3.03. The fraction of sp³-hybridized carbons (Fsp3) is 0.444. The summed E-state index contributed by atoms with van der Waals surface area (Å²) in [6, 6.07) is 8.48. The zero-order chi connectivity index (χ0) is 19.9. The van der Waals surface area contributed by atoms with Crippen LogP contribution in [-0.4, -0.2) is 57.0 Å². The monoisotopic (exact) mass is 392 g/mol. The minimum atomic E-state index is -3.65. The van der Waals surface area contributed by atoms with E-state index in [0.29, 0.717) is 12.5 Å². The highest BCUT2D eigenvalue weighted by Gasteiger charge is 2.07. The number of aromatic nitrogens is 2. The van der Waals surface area contributed by atoms with Crippen molar-refractivity contribution in [2.45, 2.75) is 24.7 Å². The second-order valence-corrected chi connectivity index (χ2v) is 8.23. The first-order valence-electron chi connectivity index (χ1n) is 8.84. The normalized spacial score (nSPS) is 11.6. The van der Waals surface area contributed by atoms with Crippen LogP contribution in [0.25, 0.3) is 0 Å². The molecular weight excluding hydrogens is 364 g/mol. The number of aryl methyl sites for hydroxylation is 1. The third-order valence-corrected chi connectivity index (χ3v) is 4.82. The summed E-state index contributed by atoms with van der Waals surface area (Å²) in [5.74, 6) is 1.38. The van der Waals surface area contributed by atoms with Crippen LogP contribution in [-0.2, 0) is 16.4 Å². The van der Waals surface area contributed by atoms with Crippen molar-refractivity contribution in [3.05, 3.63) is 41.6 Å². The lowest BCUT2D eigenvalue weighted by Crippen LogP contribution is -2.17. The van der Waals surface area contributed by atoms with Gasteiger partial charge in [0.05, 0.1) is 4.90 Å². The summed E-state index contributed by atoms with van der Waals surface area (Å²) in [6.45, 7) is 4.43. The van der Waals surface area contributed by atoms with Gasteiger partial charge in [-0.25, -0.2) is 18.5 Å². The van der Waals surface area contributed by atoms with Crippen molar-refractivity contribution < 1.29 is 8.42 Å². The van der Waals surface area contributed by atoms with Gasteiger partial charge >= 0.3 is 0 Å². The molecule has 0 amide bonds. The molecule has 2 aromatic rings. The standard InChI is InChI=1S/C18H28N6O2S/c1-14-13-17(23-18(22-14)21-10-4-12-24(2)3)20-11-9-15-5-7-16(8-6-15)27(19,25)26/h5-8,13H,4,9-12H2,1-3H3,(H2,19,25,26)(H2,20,21,22,23). The minimum Gasteiger partial charge on any atom is -0.370 e. The number of anilines is 2. The topological polar surface area (TPSA) is 113 Å². The van der Waals surface area contributed by atoms with E-state index in [9.17, 15) is 8.42 Å². The van der Waals surface area contributed by atoms with E-state index in [2.05, 4.69) is 25.5 Å². The van der Waals surface area contributed by atoms with E-state index >= 15 is 0 Å². The van der Waals surface area contributed by atoms with Crippen molar-refractivity contribution in [1.29, 1.82) is 0 Å². The van der Waals surface area contributed by atoms with Crippen molar-refractivity contribution >= 4 is 21.8 Å². The molecule has 148 valence electrons. The Hall–Kier alpha value is -2.23. The molecule has 0 aliphatic carbocycles. The number of sulfonamides is 1. The third kappa shape index (κ3) is 7.49. The Labute approximate surface area is 161 Å². The number of nitrogens with two attached hydrogens (primary N) is 1. The van der Waals surface area contributed by atoms with Crippen molar-refractivity contribution in [1.82, 2.24) is 14.9 Å².